The van der Waals surface area contributed by atoms with Crippen molar-refractivity contribution in [1.29, 1.82) is 0 Å². The quantitative estimate of drug-likeness (QED) is 0.262. The largest absolute Gasteiger partial charge is 0.497 e. The van der Waals surface area contributed by atoms with Crippen LogP contribution in [0.5, 0.6) is 5.75 Å². The molecule has 3 aromatic carbocycles. The summed E-state index contributed by atoms with van der Waals surface area (Å²) in [6.07, 6.45) is 1.72. The van der Waals surface area contributed by atoms with Crippen molar-refractivity contribution in [1.82, 2.24) is 10.2 Å². The second kappa shape index (κ2) is 14.4. The average molecular weight is 600 g/mol. The van der Waals surface area contributed by atoms with Gasteiger partial charge in [-0.3, -0.25) is 13.9 Å². The number of rotatable bonds is 13. The van der Waals surface area contributed by atoms with Gasteiger partial charge in [-0.15, -0.1) is 0 Å². The summed E-state index contributed by atoms with van der Waals surface area (Å²) < 4.78 is 34.3. The van der Waals surface area contributed by atoms with Crippen LogP contribution >= 0.6 is 11.6 Å². The molecule has 1 N–H and O–H groups in total. The van der Waals surface area contributed by atoms with E-state index in [1.54, 1.807) is 57.4 Å². The first kappa shape index (κ1) is 32.0. The number of nitrogens with one attached hydrogen (secondary N) is 1. The van der Waals surface area contributed by atoms with E-state index in [9.17, 15) is 18.0 Å². The van der Waals surface area contributed by atoms with E-state index < -0.39 is 28.5 Å². The molecular weight excluding hydrogens is 562 g/mol. The van der Waals surface area contributed by atoms with Crippen molar-refractivity contribution < 1.29 is 22.7 Å². The number of hydrogen-bond donors (Lipinski definition) is 1. The molecule has 2 amide bonds. The van der Waals surface area contributed by atoms with Crippen LogP contribution in [-0.4, -0.2) is 51.4 Å². The van der Waals surface area contributed by atoms with E-state index in [2.05, 4.69) is 5.32 Å². The van der Waals surface area contributed by atoms with E-state index in [1.165, 1.54) is 23.1 Å². The van der Waals surface area contributed by atoms with Crippen LogP contribution in [0.1, 0.15) is 43.4 Å². The maximum absolute atomic E-state index is 14.0. The van der Waals surface area contributed by atoms with Crippen LogP contribution in [0.25, 0.3) is 0 Å². The molecule has 8 nitrogen and oxygen atoms in total. The van der Waals surface area contributed by atoms with E-state index in [0.717, 1.165) is 28.3 Å². The minimum atomic E-state index is -4.17. The van der Waals surface area contributed by atoms with Gasteiger partial charge in [0.05, 0.1) is 17.7 Å². The number of methoxy groups -OCH3 is 1. The first-order valence-corrected chi connectivity index (χ1v) is 15.4. The third-order valence-corrected chi connectivity index (χ3v) is 8.85. The number of halogens is 1. The maximum atomic E-state index is 14.0. The molecule has 0 aliphatic rings. The fourth-order valence-corrected chi connectivity index (χ4v) is 5.89. The van der Waals surface area contributed by atoms with Crippen molar-refractivity contribution >= 4 is 39.1 Å². The second-order valence-electron chi connectivity index (χ2n) is 9.95. The summed E-state index contributed by atoms with van der Waals surface area (Å²) in [5, 5.41) is 3.22. The predicted octanol–water partition coefficient (Wildman–Crippen LogP) is 5.49. The molecule has 0 heterocycles. The highest BCUT2D eigenvalue weighted by atomic mass is 35.5. The van der Waals surface area contributed by atoms with Gasteiger partial charge >= 0.3 is 0 Å². The number of carbonyl (C=O) groups is 2. The molecule has 0 aliphatic carbocycles. The molecule has 1 unspecified atom stereocenters. The van der Waals surface area contributed by atoms with Crippen molar-refractivity contribution in [2.24, 2.45) is 0 Å². The molecular formula is C31H38ClN3O5S. The summed E-state index contributed by atoms with van der Waals surface area (Å²) in [5.74, 6) is -0.190. The van der Waals surface area contributed by atoms with Crippen LogP contribution in [-0.2, 0) is 26.2 Å². The van der Waals surface area contributed by atoms with Gasteiger partial charge in [-0.1, -0.05) is 60.8 Å². The molecule has 0 fully saturated rings. The number of anilines is 1. The van der Waals surface area contributed by atoms with E-state index in [1.807, 2.05) is 26.0 Å². The topological polar surface area (TPSA) is 96.0 Å². The lowest BCUT2D eigenvalue weighted by Gasteiger charge is -2.32. The average Bonchev–Trinajstić information content (AvgIpc) is 2.96. The molecule has 3 rings (SSSR count). The zero-order valence-electron chi connectivity index (χ0n) is 24.2. The van der Waals surface area contributed by atoms with Crippen LogP contribution in [0.4, 0.5) is 5.69 Å². The first-order valence-electron chi connectivity index (χ1n) is 13.5. The summed E-state index contributed by atoms with van der Waals surface area (Å²) in [7, 11) is -2.61. The van der Waals surface area contributed by atoms with E-state index >= 15 is 0 Å². The zero-order chi connectivity index (χ0) is 30.2. The molecule has 41 heavy (non-hydrogen) atoms. The fourth-order valence-electron chi connectivity index (χ4n) is 4.25. The van der Waals surface area contributed by atoms with Gasteiger partial charge in [-0.25, -0.2) is 8.42 Å². The molecule has 0 bridgehead atoms. The van der Waals surface area contributed by atoms with Gasteiger partial charge in [0.2, 0.25) is 11.8 Å². The Morgan fingerprint density at radius 1 is 1.00 bits per heavy atom. The van der Waals surface area contributed by atoms with Gasteiger partial charge in [-0.2, -0.15) is 0 Å². The lowest BCUT2D eigenvalue weighted by molar-refractivity contribution is -0.139. The van der Waals surface area contributed by atoms with Crippen LogP contribution in [0.3, 0.4) is 0 Å². The normalized spacial score (nSPS) is 12.0. The Labute approximate surface area is 248 Å². The van der Waals surface area contributed by atoms with Crippen molar-refractivity contribution in [2.75, 3.05) is 24.5 Å². The summed E-state index contributed by atoms with van der Waals surface area (Å²) in [6, 6.07) is 17.6. The number of amides is 2. The SMILES string of the molecule is CCCCNC(=O)C(C)N(Cc1ccc(OC)cc1)C(=O)CN(c1cc(Cl)ccc1C)S(=O)(=O)c1ccc(C)cc1. The minimum absolute atomic E-state index is 0.0438. The monoisotopic (exact) mass is 599 g/mol. The highest BCUT2D eigenvalue weighted by molar-refractivity contribution is 7.92. The standard InChI is InChI=1S/C31H38ClN3O5S/c1-6-7-18-33-31(37)24(4)34(20-25-11-14-27(40-5)15-12-25)30(36)21-35(29-19-26(32)13-10-23(29)3)41(38,39)28-16-8-22(2)9-17-28/h8-17,19,24H,6-7,18,20-21H2,1-5H3,(H,33,37). The molecule has 0 aliphatic heterocycles. The lowest BCUT2D eigenvalue weighted by atomic mass is 10.1. The van der Waals surface area contributed by atoms with Crippen molar-refractivity contribution in [3.8, 4) is 5.75 Å². The Balaban J connectivity index is 2.03. The molecule has 3 aromatic rings. The third kappa shape index (κ3) is 8.24. The number of hydrogen-bond acceptors (Lipinski definition) is 5. The van der Waals surface area contributed by atoms with Crippen molar-refractivity contribution in [3.63, 3.8) is 0 Å². The minimum Gasteiger partial charge on any atom is -0.497 e. The van der Waals surface area contributed by atoms with E-state index in [0.29, 0.717) is 22.9 Å². The number of unbranched alkanes of at least 4 members (excludes halogenated alkanes) is 1. The predicted molar refractivity (Wildman–Crippen MR) is 163 cm³/mol. The van der Waals surface area contributed by atoms with Crippen molar-refractivity contribution in [2.45, 2.75) is 58.0 Å². The van der Waals surface area contributed by atoms with Crippen LogP contribution in [0, 0.1) is 13.8 Å². The van der Waals surface area contributed by atoms with Crippen LogP contribution in [0.15, 0.2) is 71.6 Å². The maximum Gasteiger partial charge on any atom is 0.264 e. The Hall–Kier alpha value is -3.56. The third-order valence-electron chi connectivity index (χ3n) is 6.84. The number of aryl methyl sites for hydroxylation is 2. The second-order valence-corrected chi connectivity index (χ2v) is 12.2. The van der Waals surface area contributed by atoms with Crippen LogP contribution in [0.2, 0.25) is 5.02 Å². The number of benzene rings is 3. The molecule has 0 spiro atoms. The van der Waals surface area contributed by atoms with Gasteiger partial charge in [-0.05, 0) is 74.7 Å². The van der Waals surface area contributed by atoms with Gasteiger partial charge < -0.3 is 15.0 Å². The Morgan fingerprint density at radius 3 is 2.27 bits per heavy atom. The van der Waals surface area contributed by atoms with Gasteiger partial charge in [0, 0.05) is 18.1 Å². The summed E-state index contributed by atoms with van der Waals surface area (Å²) in [5.41, 5.74) is 2.58. The summed E-state index contributed by atoms with van der Waals surface area (Å²) in [6.45, 7) is 7.34. The Morgan fingerprint density at radius 2 is 1.66 bits per heavy atom. The lowest BCUT2D eigenvalue weighted by Crippen LogP contribution is -2.51. The smallest absolute Gasteiger partial charge is 0.264 e. The molecule has 0 saturated heterocycles. The Kier molecular flexibility index (Phi) is 11.2. The van der Waals surface area contributed by atoms with Gasteiger partial charge in [0.25, 0.3) is 10.0 Å². The van der Waals surface area contributed by atoms with Gasteiger partial charge in [0.1, 0.15) is 18.3 Å². The molecule has 1 atom stereocenters. The van der Waals surface area contributed by atoms with Gasteiger partial charge in [0.15, 0.2) is 0 Å². The highest BCUT2D eigenvalue weighted by Gasteiger charge is 2.33. The first-order chi connectivity index (χ1) is 19.5. The van der Waals surface area contributed by atoms with Crippen LogP contribution < -0.4 is 14.4 Å². The molecule has 0 aromatic heterocycles. The molecule has 0 saturated carbocycles. The summed E-state index contributed by atoms with van der Waals surface area (Å²) in [4.78, 5) is 28.6. The highest BCUT2D eigenvalue weighted by Crippen LogP contribution is 2.30. The number of sulfonamides is 1. The molecule has 220 valence electrons. The molecule has 0 radical (unpaired) electrons. The number of nitrogens with zero attached hydrogens (tertiary/aromatic N) is 2. The van der Waals surface area contributed by atoms with Crippen molar-refractivity contribution in [3.05, 3.63) is 88.4 Å². The summed E-state index contributed by atoms with van der Waals surface area (Å²) >= 11 is 6.28. The molecule has 10 heteroatoms. The van der Waals surface area contributed by atoms with E-state index in [4.69, 9.17) is 16.3 Å². The number of carbonyl (C=O) groups excluding carboxylic acids is 2. The zero-order valence-corrected chi connectivity index (χ0v) is 25.8. The fraction of sp³-hybridized carbons (Fsp3) is 0.355. The Bertz CT molecular complexity index is 1440. The van der Waals surface area contributed by atoms with E-state index in [-0.39, 0.29) is 23.0 Å². The number of ether oxygens (including phenoxy) is 1.